The van der Waals surface area contributed by atoms with Gasteiger partial charge in [0, 0.05) is 0 Å². The molecule has 0 aromatic heterocycles. The lowest BCUT2D eigenvalue weighted by molar-refractivity contribution is 0.269. The predicted molar refractivity (Wildman–Crippen MR) is 66.8 cm³/mol. The number of allylic oxidation sites excluding steroid dienone is 2. The van der Waals surface area contributed by atoms with Crippen molar-refractivity contribution in [3.05, 3.63) is 12.2 Å². The molecule has 2 aliphatic carbocycles. The summed E-state index contributed by atoms with van der Waals surface area (Å²) in [5, 5.41) is 0. The monoisotopic (exact) mass is 206 g/mol. The van der Waals surface area contributed by atoms with Crippen LogP contribution < -0.4 is 0 Å². The van der Waals surface area contributed by atoms with Gasteiger partial charge in [0.15, 0.2) is 0 Å². The molecule has 0 heterocycles. The van der Waals surface area contributed by atoms with Crippen molar-refractivity contribution in [2.75, 3.05) is 0 Å². The van der Waals surface area contributed by atoms with Crippen LogP contribution in [0.15, 0.2) is 12.2 Å². The summed E-state index contributed by atoms with van der Waals surface area (Å²) in [6.07, 6.45) is 17.9. The molecule has 0 aromatic carbocycles. The summed E-state index contributed by atoms with van der Waals surface area (Å²) in [6.45, 7) is 2.44. The summed E-state index contributed by atoms with van der Waals surface area (Å²) >= 11 is 0. The van der Waals surface area contributed by atoms with Crippen molar-refractivity contribution in [2.24, 2.45) is 17.8 Å². The van der Waals surface area contributed by atoms with E-state index in [2.05, 4.69) is 19.1 Å². The summed E-state index contributed by atoms with van der Waals surface area (Å²) in [4.78, 5) is 0. The van der Waals surface area contributed by atoms with Gasteiger partial charge < -0.3 is 0 Å². The van der Waals surface area contributed by atoms with Crippen LogP contribution in [0.4, 0.5) is 0 Å². The van der Waals surface area contributed by atoms with Gasteiger partial charge in [-0.05, 0) is 49.9 Å². The Morgan fingerprint density at radius 3 is 2.13 bits per heavy atom. The highest BCUT2D eigenvalue weighted by molar-refractivity contribution is 4.89. The fourth-order valence-electron chi connectivity index (χ4n) is 3.46. The first-order valence-electron chi connectivity index (χ1n) is 7.01. The zero-order valence-electron chi connectivity index (χ0n) is 10.3. The minimum atomic E-state index is 0.999. The van der Waals surface area contributed by atoms with Crippen LogP contribution in [-0.4, -0.2) is 0 Å². The van der Waals surface area contributed by atoms with Crippen LogP contribution in [-0.2, 0) is 0 Å². The quantitative estimate of drug-likeness (QED) is 0.420. The second kappa shape index (κ2) is 5.72. The van der Waals surface area contributed by atoms with E-state index in [1.807, 2.05) is 0 Å². The minimum absolute atomic E-state index is 0.999. The van der Waals surface area contributed by atoms with Crippen LogP contribution in [0.3, 0.4) is 0 Å². The second-order valence-electron chi connectivity index (χ2n) is 5.76. The maximum absolute atomic E-state index is 2.44. The van der Waals surface area contributed by atoms with E-state index < -0.39 is 0 Å². The molecule has 0 nitrogen and oxygen atoms in total. The van der Waals surface area contributed by atoms with Gasteiger partial charge in [-0.25, -0.2) is 0 Å². The average molecular weight is 206 g/mol. The van der Waals surface area contributed by atoms with Gasteiger partial charge in [-0.3, -0.25) is 0 Å². The Kier molecular flexibility index (Phi) is 4.29. The third kappa shape index (κ3) is 3.36. The van der Waals surface area contributed by atoms with Crippen LogP contribution >= 0.6 is 0 Å². The molecule has 0 spiro atoms. The van der Waals surface area contributed by atoms with Crippen molar-refractivity contribution in [1.82, 2.24) is 0 Å². The van der Waals surface area contributed by atoms with Crippen LogP contribution in [0.25, 0.3) is 0 Å². The lowest BCUT2D eigenvalue weighted by Crippen LogP contribution is -2.13. The highest BCUT2D eigenvalue weighted by atomic mass is 14.3. The van der Waals surface area contributed by atoms with E-state index in [4.69, 9.17) is 0 Å². The third-order valence-electron chi connectivity index (χ3n) is 4.54. The molecule has 0 heteroatoms. The molecule has 0 N–H and O–H groups in total. The van der Waals surface area contributed by atoms with Crippen molar-refractivity contribution in [1.29, 1.82) is 0 Å². The molecule has 0 bridgehead atoms. The Labute approximate surface area is 95.1 Å². The molecule has 0 aromatic rings. The van der Waals surface area contributed by atoms with Gasteiger partial charge in [0.25, 0.3) is 0 Å². The first kappa shape index (κ1) is 11.2. The zero-order chi connectivity index (χ0) is 10.5. The Balaban J connectivity index is 1.85. The van der Waals surface area contributed by atoms with Crippen molar-refractivity contribution in [2.45, 2.75) is 64.7 Å². The Bertz CT molecular complexity index is 194. The molecule has 2 aliphatic rings. The molecular formula is C15H26. The average Bonchev–Trinajstić information content (AvgIpc) is 2.59. The van der Waals surface area contributed by atoms with E-state index >= 15 is 0 Å². The lowest BCUT2D eigenvalue weighted by Gasteiger charge is -2.24. The van der Waals surface area contributed by atoms with Gasteiger partial charge in [-0.1, -0.05) is 44.8 Å². The highest BCUT2D eigenvalue weighted by Gasteiger charge is 2.24. The van der Waals surface area contributed by atoms with Crippen molar-refractivity contribution >= 4 is 0 Å². The van der Waals surface area contributed by atoms with Crippen molar-refractivity contribution in [3.63, 3.8) is 0 Å². The first-order valence-corrected chi connectivity index (χ1v) is 7.01. The highest BCUT2D eigenvalue weighted by Crippen LogP contribution is 2.36. The van der Waals surface area contributed by atoms with E-state index in [1.54, 1.807) is 0 Å². The SMILES string of the molecule is CC1CCCC(C2CCC=CCC2)CC1. The van der Waals surface area contributed by atoms with Crippen LogP contribution in [0.2, 0.25) is 0 Å². The van der Waals surface area contributed by atoms with E-state index in [1.165, 1.54) is 57.8 Å². The lowest BCUT2D eigenvalue weighted by atomic mass is 9.81. The molecule has 15 heavy (non-hydrogen) atoms. The Morgan fingerprint density at radius 1 is 0.733 bits per heavy atom. The van der Waals surface area contributed by atoms with Crippen molar-refractivity contribution in [3.8, 4) is 0 Å². The second-order valence-corrected chi connectivity index (χ2v) is 5.76. The summed E-state index contributed by atoms with van der Waals surface area (Å²) in [7, 11) is 0. The molecule has 0 radical (unpaired) electrons. The molecule has 0 amide bonds. The molecule has 0 aliphatic heterocycles. The van der Waals surface area contributed by atoms with E-state index in [-0.39, 0.29) is 0 Å². The first-order chi connectivity index (χ1) is 7.36. The number of hydrogen-bond acceptors (Lipinski definition) is 0. The van der Waals surface area contributed by atoms with E-state index in [9.17, 15) is 0 Å². The fourth-order valence-corrected chi connectivity index (χ4v) is 3.46. The summed E-state index contributed by atoms with van der Waals surface area (Å²) in [5.74, 6) is 3.11. The topological polar surface area (TPSA) is 0 Å². The number of hydrogen-bond donors (Lipinski definition) is 0. The predicted octanol–water partition coefficient (Wildman–Crippen LogP) is 4.95. The van der Waals surface area contributed by atoms with E-state index in [0.29, 0.717) is 0 Å². The summed E-state index contributed by atoms with van der Waals surface area (Å²) in [5.41, 5.74) is 0. The zero-order valence-corrected chi connectivity index (χ0v) is 10.3. The summed E-state index contributed by atoms with van der Waals surface area (Å²) in [6, 6.07) is 0. The largest absolute Gasteiger partial charge is 0.0885 e. The van der Waals surface area contributed by atoms with Gasteiger partial charge in [0.05, 0.1) is 0 Å². The van der Waals surface area contributed by atoms with Gasteiger partial charge in [0.2, 0.25) is 0 Å². The van der Waals surface area contributed by atoms with Gasteiger partial charge >= 0.3 is 0 Å². The Hall–Kier alpha value is -0.260. The smallest absolute Gasteiger partial charge is 0.0348 e. The minimum Gasteiger partial charge on any atom is -0.0885 e. The summed E-state index contributed by atoms with van der Waals surface area (Å²) < 4.78 is 0. The van der Waals surface area contributed by atoms with Crippen LogP contribution in [0, 0.1) is 17.8 Å². The number of rotatable bonds is 1. The fraction of sp³-hybridized carbons (Fsp3) is 0.867. The maximum Gasteiger partial charge on any atom is -0.0348 e. The van der Waals surface area contributed by atoms with Gasteiger partial charge in [-0.15, -0.1) is 0 Å². The molecule has 0 saturated heterocycles. The molecule has 1 saturated carbocycles. The molecule has 2 atom stereocenters. The molecular weight excluding hydrogens is 180 g/mol. The van der Waals surface area contributed by atoms with E-state index in [0.717, 1.165) is 17.8 Å². The molecule has 2 rings (SSSR count). The van der Waals surface area contributed by atoms with Gasteiger partial charge in [0.1, 0.15) is 0 Å². The van der Waals surface area contributed by atoms with Crippen LogP contribution in [0.1, 0.15) is 64.7 Å². The Morgan fingerprint density at radius 2 is 1.40 bits per heavy atom. The normalized spacial score (nSPS) is 34.7. The third-order valence-corrected chi connectivity index (χ3v) is 4.54. The molecule has 2 unspecified atom stereocenters. The molecule has 1 fully saturated rings. The van der Waals surface area contributed by atoms with Crippen molar-refractivity contribution < 1.29 is 0 Å². The van der Waals surface area contributed by atoms with Crippen LogP contribution in [0.5, 0.6) is 0 Å². The standard InChI is InChI=1S/C15H26/c1-13-7-6-10-15(12-11-13)14-8-4-2-3-5-9-14/h2-3,13-15H,4-12H2,1H3. The molecule has 86 valence electrons. The van der Waals surface area contributed by atoms with Gasteiger partial charge in [-0.2, -0.15) is 0 Å². The maximum atomic E-state index is 2.44.